The van der Waals surface area contributed by atoms with E-state index >= 15 is 0 Å². The third-order valence-corrected chi connectivity index (χ3v) is 4.28. The van der Waals surface area contributed by atoms with Crippen LogP contribution in [0.25, 0.3) is 22.1 Å². The number of fused-ring (bicyclic) bond motifs is 1. The second-order valence-electron chi connectivity index (χ2n) is 5.31. The lowest BCUT2D eigenvalue weighted by molar-refractivity contribution is -0.143. The molecule has 8 heteroatoms. The zero-order chi connectivity index (χ0) is 17.8. The first-order valence-corrected chi connectivity index (χ1v) is 7.52. The van der Waals surface area contributed by atoms with Gasteiger partial charge in [-0.3, -0.25) is 4.79 Å². The molecule has 0 saturated heterocycles. The van der Waals surface area contributed by atoms with Crippen LogP contribution in [0.1, 0.15) is 11.5 Å². The van der Waals surface area contributed by atoms with Crippen LogP contribution in [0.3, 0.4) is 0 Å². The number of nitrogens with zero attached hydrogens (tertiary/aromatic N) is 1. The number of pyridine rings is 1. The van der Waals surface area contributed by atoms with Gasteiger partial charge in [-0.05, 0) is 31.2 Å². The average Bonchev–Trinajstić information content (AvgIpc) is 2.84. The topological polar surface area (TPSA) is 35.1 Å². The molecule has 3 nitrogen and oxygen atoms in total. The second kappa shape index (κ2) is 5.57. The Kier molecular flexibility index (Phi) is 3.92. The molecule has 0 N–H and O–H groups in total. The van der Waals surface area contributed by atoms with E-state index in [1.807, 2.05) is 0 Å². The Morgan fingerprint density at radius 2 is 1.79 bits per heavy atom. The van der Waals surface area contributed by atoms with Crippen molar-refractivity contribution in [2.75, 3.05) is 0 Å². The van der Waals surface area contributed by atoms with Crippen molar-refractivity contribution >= 4 is 34.2 Å². The molecule has 2 heterocycles. The number of hydrogen-bond acceptors (Lipinski definition) is 2. The van der Waals surface area contributed by atoms with E-state index in [0.717, 1.165) is 19.2 Å². The van der Waals surface area contributed by atoms with Gasteiger partial charge in [-0.2, -0.15) is 13.2 Å². The molecule has 0 fully saturated rings. The highest BCUT2D eigenvalue weighted by atomic mass is 35.5. The fraction of sp³-hybridized carbons (Fsp3) is 0.188. The van der Waals surface area contributed by atoms with Crippen molar-refractivity contribution in [2.24, 2.45) is 7.05 Å². The number of aryl methyl sites for hydroxylation is 1. The van der Waals surface area contributed by atoms with Gasteiger partial charge >= 0.3 is 6.18 Å². The molecule has 0 amide bonds. The van der Waals surface area contributed by atoms with Crippen LogP contribution < -0.4 is 5.56 Å². The Morgan fingerprint density at radius 1 is 1.12 bits per heavy atom. The van der Waals surface area contributed by atoms with Gasteiger partial charge in [0.1, 0.15) is 11.5 Å². The van der Waals surface area contributed by atoms with Crippen LogP contribution in [0, 0.1) is 6.92 Å². The summed E-state index contributed by atoms with van der Waals surface area (Å²) in [5.41, 5.74) is -1.19. The van der Waals surface area contributed by atoms with Crippen molar-refractivity contribution in [1.82, 2.24) is 4.57 Å². The Balaban J connectivity index is 2.37. The Morgan fingerprint density at radius 3 is 2.42 bits per heavy atom. The van der Waals surface area contributed by atoms with E-state index in [-0.39, 0.29) is 15.6 Å². The largest absolute Gasteiger partial charge is 0.460 e. The first-order valence-electron chi connectivity index (χ1n) is 6.77. The van der Waals surface area contributed by atoms with Gasteiger partial charge in [0.2, 0.25) is 0 Å². The van der Waals surface area contributed by atoms with Crippen LogP contribution in [-0.2, 0) is 13.2 Å². The summed E-state index contributed by atoms with van der Waals surface area (Å²) < 4.78 is 44.8. The predicted octanol–water partition coefficient (Wildman–Crippen LogP) is 5.43. The molecule has 0 unspecified atom stereocenters. The maximum atomic E-state index is 12.9. The molecular weight excluding hydrogens is 366 g/mol. The summed E-state index contributed by atoms with van der Waals surface area (Å²) in [4.78, 5) is 12.5. The van der Waals surface area contributed by atoms with Crippen LogP contribution in [0.15, 0.2) is 33.5 Å². The summed E-state index contributed by atoms with van der Waals surface area (Å²) >= 11 is 12.3. The quantitative estimate of drug-likeness (QED) is 0.568. The van der Waals surface area contributed by atoms with Crippen molar-refractivity contribution in [1.29, 1.82) is 0 Å². The normalized spacial score (nSPS) is 12.1. The maximum absolute atomic E-state index is 12.9. The lowest BCUT2D eigenvalue weighted by atomic mass is 10.0. The van der Waals surface area contributed by atoms with E-state index in [1.54, 1.807) is 13.0 Å². The van der Waals surface area contributed by atoms with Gasteiger partial charge in [-0.25, -0.2) is 0 Å². The summed E-state index contributed by atoms with van der Waals surface area (Å²) in [6.07, 6.45) is -4.63. The van der Waals surface area contributed by atoms with E-state index in [2.05, 4.69) is 0 Å². The first kappa shape index (κ1) is 16.9. The third kappa shape index (κ3) is 2.59. The standard InChI is InChI=1S/C16H10Cl2F3NO2/c1-7-5-9-13(10(17)6-11(18)14(9)24-7)8-3-4-12(16(19,20)21)22(2)15(8)23/h3-6H,1-2H3. The molecule has 3 aromatic rings. The molecule has 0 radical (unpaired) electrons. The number of aromatic nitrogens is 1. The molecule has 1 aromatic carbocycles. The van der Waals surface area contributed by atoms with Crippen LogP contribution in [-0.4, -0.2) is 4.57 Å². The minimum absolute atomic E-state index is 0.0398. The van der Waals surface area contributed by atoms with E-state index in [1.165, 1.54) is 6.07 Å². The Hall–Kier alpha value is -1.92. The lowest BCUT2D eigenvalue weighted by Crippen LogP contribution is -2.26. The molecule has 0 atom stereocenters. The summed E-state index contributed by atoms with van der Waals surface area (Å²) in [5, 5.41) is 0.891. The molecule has 0 aliphatic carbocycles. The zero-order valence-electron chi connectivity index (χ0n) is 12.5. The van der Waals surface area contributed by atoms with Gasteiger partial charge in [-0.1, -0.05) is 23.2 Å². The summed E-state index contributed by atoms with van der Waals surface area (Å²) in [6.45, 7) is 1.69. The molecule has 126 valence electrons. The Bertz CT molecular complexity index is 1020. The summed E-state index contributed by atoms with van der Waals surface area (Å²) in [6, 6.07) is 5.00. The van der Waals surface area contributed by atoms with E-state index in [0.29, 0.717) is 26.9 Å². The van der Waals surface area contributed by atoms with Crippen molar-refractivity contribution in [2.45, 2.75) is 13.1 Å². The monoisotopic (exact) mass is 375 g/mol. The number of halogens is 5. The highest BCUT2D eigenvalue weighted by molar-refractivity contribution is 6.40. The minimum Gasteiger partial charge on any atom is -0.460 e. The van der Waals surface area contributed by atoms with Gasteiger partial charge < -0.3 is 8.98 Å². The number of benzene rings is 1. The van der Waals surface area contributed by atoms with Gasteiger partial charge in [-0.15, -0.1) is 0 Å². The number of furan rings is 1. The van der Waals surface area contributed by atoms with Gasteiger partial charge in [0.05, 0.1) is 10.0 Å². The highest BCUT2D eigenvalue weighted by Gasteiger charge is 2.34. The Labute approximate surface area is 144 Å². The molecule has 0 aliphatic rings. The van der Waals surface area contributed by atoms with E-state index < -0.39 is 17.4 Å². The molecule has 2 aromatic heterocycles. The van der Waals surface area contributed by atoms with Crippen LogP contribution >= 0.6 is 23.2 Å². The summed E-state index contributed by atoms with van der Waals surface area (Å²) in [5.74, 6) is 0.541. The third-order valence-electron chi connectivity index (χ3n) is 3.70. The molecule has 0 spiro atoms. The smallest absolute Gasteiger partial charge is 0.431 e. The molecule has 0 aliphatic heterocycles. The predicted molar refractivity (Wildman–Crippen MR) is 86.7 cm³/mol. The fourth-order valence-electron chi connectivity index (χ4n) is 2.64. The zero-order valence-corrected chi connectivity index (χ0v) is 14.0. The highest BCUT2D eigenvalue weighted by Crippen LogP contribution is 2.40. The molecule has 24 heavy (non-hydrogen) atoms. The van der Waals surface area contributed by atoms with Gasteiger partial charge in [0, 0.05) is 23.6 Å². The van der Waals surface area contributed by atoms with Crippen molar-refractivity contribution in [3.05, 3.63) is 56.1 Å². The van der Waals surface area contributed by atoms with Gasteiger partial charge in [0.15, 0.2) is 5.58 Å². The van der Waals surface area contributed by atoms with Crippen LogP contribution in [0.5, 0.6) is 0 Å². The maximum Gasteiger partial charge on any atom is 0.431 e. The lowest BCUT2D eigenvalue weighted by Gasteiger charge is -2.14. The van der Waals surface area contributed by atoms with E-state index in [9.17, 15) is 18.0 Å². The summed E-state index contributed by atoms with van der Waals surface area (Å²) in [7, 11) is 1.07. The number of rotatable bonds is 1. The average molecular weight is 376 g/mol. The number of alkyl halides is 3. The van der Waals surface area contributed by atoms with Crippen molar-refractivity contribution < 1.29 is 17.6 Å². The van der Waals surface area contributed by atoms with Crippen LogP contribution in [0.2, 0.25) is 10.0 Å². The molecule has 3 rings (SSSR count). The van der Waals surface area contributed by atoms with Crippen molar-refractivity contribution in [3.8, 4) is 11.1 Å². The minimum atomic E-state index is -4.63. The SMILES string of the molecule is Cc1cc2c(-c3ccc(C(F)(F)F)n(C)c3=O)c(Cl)cc(Cl)c2o1. The second-order valence-corrected chi connectivity index (χ2v) is 6.12. The van der Waals surface area contributed by atoms with Crippen molar-refractivity contribution in [3.63, 3.8) is 0 Å². The fourth-order valence-corrected chi connectivity index (χ4v) is 3.26. The molecular formula is C16H10Cl2F3NO2. The van der Waals surface area contributed by atoms with Crippen LogP contribution in [0.4, 0.5) is 13.2 Å². The van der Waals surface area contributed by atoms with Gasteiger partial charge in [0.25, 0.3) is 5.56 Å². The molecule has 0 bridgehead atoms. The molecule has 0 saturated carbocycles. The first-order chi connectivity index (χ1) is 11.1. The number of hydrogen-bond donors (Lipinski definition) is 0. The van der Waals surface area contributed by atoms with E-state index in [4.69, 9.17) is 27.6 Å².